The predicted octanol–water partition coefficient (Wildman–Crippen LogP) is 4.64. The van der Waals surface area contributed by atoms with Crippen LogP contribution < -0.4 is 19.7 Å². The lowest BCUT2D eigenvalue weighted by molar-refractivity contribution is 0.0948. The number of fused-ring (bicyclic) bond motifs is 1. The maximum absolute atomic E-state index is 13.0. The van der Waals surface area contributed by atoms with Gasteiger partial charge in [-0.15, -0.1) is 12.4 Å². The van der Waals surface area contributed by atoms with Crippen LogP contribution in [0.15, 0.2) is 71.6 Å². The number of carbonyl (C=O) groups excluding carboxylic acids is 1. The van der Waals surface area contributed by atoms with Gasteiger partial charge >= 0.3 is 0 Å². The van der Waals surface area contributed by atoms with Crippen molar-refractivity contribution in [2.75, 3.05) is 56.0 Å². The Morgan fingerprint density at radius 3 is 2.44 bits per heavy atom. The molecule has 5 rings (SSSR count). The van der Waals surface area contributed by atoms with E-state index in [-0.39, 0.29) is 34.5 Å². The number of thiazole rings is 1. The summed E-state index contributed by atoms with van der Waals surface area (Å²) in [5.41, 5.74) is 2.89. The van der Waals surface area contributed by atoms with Crippen molar-refractivity contribution in [2.24, 2.45) is 0 Å². The number of piperazine rings is 1. The van der Waals surface area contributed by atoms with Gasteiger partial charge in [0.2, 0.25) is 0 Å². The van der Waals surface area contributed by atoms with Crippen LogP contribution in [0.2, 0.25) is 0 Å². The number of carbonyl (C=O) groups is 1. The van der Waals surface area contributed by atoms with Crippen molar-refractivity contribution in [3.63, 3.8) is 0 Å². The largest absolute Gasteiger partial charge is 0.497 e. The van der Waals surface area contributed by atoms with Gasteiger partial charge in [0.25, 0.3) is 15.9 Å². The summed E-state index contributed by atoms with van der Waals surface area (Å²) in [6.45, 7) is 6.84. The number of rotatable bonds is 10. The Morgan fingerprint density at radius 1 is 1.00 bits per heavy atom. The van der Waals surface area contributed by atoms with Crippen LogP contribution in [-0.4, -0.2) is 70.6 Å². The SMILES string of the molecule is CCc1cccc2sc(N3CCN(CCNC(=O)c4ccccc4NS(=O)(=O)c4ccc(OC)cc4)CC3)nc12.Cl. The molecule has 0 atom stereocenters. The smallest absolute Gasteiger partial charge is 0.261 e. The number of para-hydroxylation sites is 2. The molecule has 9 nitrogen and oxygen atoms in total. The Kier molecular flexibility index (Phi) is 10.1. The standard InChI is InChI=1S/C29H33N5O4S2.ClH/c1-3-21-7-6-10-26-27(21)31-29(39-26)34-19-17-33(18-20-34)16-15-30-28(35)24-8-4-5-9-25(24)32-40(36,37)23-13-11-22(38-2)12-14-23;/h4-14,32H,3,15-20H2,1-2H3,(H,30,35);1H. The number of anilines is 2. The minimum absolute atomic E-state index is 0. The third-order valence-corrected chi connectivity index (χ3v) is 9.48. The van der Waals surface area contributed by atoms with Crippen LogP contribution in [-0.2, 0) is 16.4 Å². The summed E-state index contributed by atoms with van der Waals surface area (Å²) in [4.78, 5) is 22.7. The van der Waals surface area contributed by atoms with Crippen LogP contribution in [0.3, 0.4) is 0 Å². The zero-order valence-electron chi connectivity index (χ0n) is 23.0. The average molecular weight is 616 g/mol. The van der Waals surface area contributed by atoms with Gasteiger partial charge in [-0.25, -0.2) is 13.4 Å². The molecule has 0 aliphatic carbocycles. The molecule has 0 bridgehead atoms. The van der Waals surface area contributed by atoms with E-state index in [4.69, 9.17) is 9.72 Å². The summed E-state index contributed by atoms with van der Waals surface area (Å²) in [7, 11) is -2.36. The molecule has 1 amide bonds. The number of sulfonamides is 1. The van der Waals surface area contributed by atoms with Crippen LogP contribution in [0.4, 0.5) is 10.8 Å². The van der Waals surface area contributed by atoms with Gasteiger partial charge in [-0.05, 0) is 54.4 Å². The van der Waals surface area contributed by atoms with E-state index in [0.717, 1.165) is 43.2 Å². The highest BCUT2D eigenvalue weighted by molar-refractivity contribution is 7.92. The number of halogens is 1. The Balaban J connectivity index is 0.00000387. The van der Waals surface area contributed by atoms with E-state index in [1.807, 2.05) is 0 Å². The van der Waals surface area contributed by atoms with E-state index in [0.29, 0.717) is 18.8 Å². The molecule has 1 saturated heterocycles. The van der Waals surface area contributed by atoms with E-state index in [1.165, 1.54) is 29.5 Å². The molecule has 0 radical (unpaired) electrons. The second-order valence-corrected chi connectivity index (χ2v) is 12.2. The van der Waals surface area contributed by atoms with E-state index in [9.17, 15) is 13.2 Å². The molecule has 3 aromatic carbocycles. The molecule has 0 spiro atoms. The van der Waals surface area contributed by atoms with Crippen molar-refractivity contribution >= 4 is 60.7 Å². The van der Waals surface area contributed by atoms with Crippen molar-refractivity contribution in [2.45, 2.75) is 18.2 Å². The number of ether oxygens (including phenoxy) is 1. The summed E-state index contributed by atoms with van der Waals surface area (Å²) in [6, 6.07) is 19.1. The van der Waals surface area contributed by atoms with Gasteiger partial charge in [-0.3, -0.25) is 14.4 Å². The summed E-state index contributed by atoms with van der Waals surface area (Å²) < 4.78 is 34.7. The molecule has 1 aliphatic heterocycles. The van der Waals surface area contributed by atoms with Crippen LogP contribution in [0.5, 0.6) is 5.75 Å². The summed E-state index contributed by atoms with van der Waals surface area (Å²) in [5, 5.41) is 4.01. The first-order valence-corrected chi connectivity index (χ1v) is 15.6. The van der Waals surface area contributed by atoms with Crippen LogP contribution >= 0.6 is 23.7 Å². The van der Waals surface area contributed by atoms with Crippen molar-refractivity contribution in [1.29, 1.82) is 0 Å². The highest BCUT2D eigenvalue weighted by atomic mass is 35.5. The first kappa shape index (κ1) is 30.6. The normalized spacial score (nSPS) is 14.0. The van der Waals surface area contributed by atoms with E-state index in [1.54, 1.807) is 47.7 Å². The zero-order chi connectivity index (χ0) is 28.1. The van der Waals surface area contributed by atoms with E-state index in [2.05, 4.69) is 45.0 Å². The number of nitrogens with one attached hydrogen (secondary N) is 2. The Bertz CT molecular complexity index is 1590. The zero-order valence-corrected chi connectivity index (χ0v) is 25.4. The number of nitrogens with zero attached hydrogens (tertiary/aromatic N) is 3. The van der Waals surface area contributed by atoms with Gasteiger partial charge in [-0.2, -0.15) is 0 Å². The fourth-order valence-electron chi connectivity index (χ4n) is 4.73. The number of hydrogen-bond acceptors (Lipinski definition) is 8. The number of methoxy groups -OCH3 is 1. The molecule has 0 saturated carbocycles. The van der Waals surface area contributed by atoms with E-state index < -0.39 is 10.0 Å². The van der Waals surface area contributed by atoms with Gasteiger partial charge in [-0.1, -0.05) is 42.5 Å². The summed E-state index contributed by atoms with van der Waals surface area (Å²) >= 11 is 1.74. The monoisotopic (exact) mass is 615 g/mol. The second-order valence-electron chi connectivity index (χ2n) is 9.53. The van der Waals surface area contributed by atoms with Gasteiger partial charge in [0, 0.05) is 39.3 Å². The van der Waals surface area contributed by atoms with Crippen LogP contribution in [0.1, 0.15) is 22.8 Å². The predicted molar refractivity (Wildman–Crippen MR) is 167 cm³/mol. The lowest BCUT2D eigenvalue weighted by Gasteiger charge is -2.34. The minimum Gasteiger partial charge on any atom is -0.497 e. The molecule has 218 valence electrons. The number of amides is 1. The fourth-order valence-corrected chi connectivity index (χ4v) is 6.87. The Hall–Kier alpha value is -3.38. The molecule has 2 heterocycles. The maximum atomic E-state index is 13.0. The van der Waals surface area contributed by atoms with Crippen molar-refractivity contribution in [1.82, 2.24) is 15.2 Å². The molecule has 41 heavy (non-hydrogen) atoms. The van der Waals surface area contributed by atoms with Gasteiger partial charge < -0.3 is 15.0 Å². The quantitative estimate of drug-likeness (QED) is 0.268. The van der Waals surface area contributed by atoms with Crippen molar-refractivity contribution in [3.8, 4) is 5.75 Å². The fraction of sp³-hybridized carbons (Fsp3) is 0.310. The Labute approximate surface area is 251 Å². The molecular weight excluding hydrogens is 582 g/mol. The number of benzene rings is 3. The third kappa shape index (κ3) is 7.10. The van der Waals surface area contributed by atoms with Crippen molar-refractivity contribution < 1.29 is 17.9 Å². The highest BCUT2D eigenvalue weighted by Crippen LogP contribution is 2.31. The lowest BCUT2D eigenvalue weighted by atomic mass is 10.1. The second kappa shape index (κ2) is 13.5. The molecule has 12 heteroatoms. The number of aromatic nitrogens is 1. The molecule has 0 unspecified atom stereocenters. The maximum Gasteiger partial charge on any atom is 0.261 e. The van der Waals surface area contributed by atoms with E-state index >= 15 is 0 Å². The molecule has 2 N–H and O–H groups in total. The molecule has 4 aromatic rings. The topological polar surface area (TPSA) is 104 Å². The molecule has 1 aliphatic rings. The average Bonchev–Trinajstić information content (AvgIpc) is 3.42. The summed E-state index contributed by atoms with van der Waals surface area (Å²) in [6.07, 6.45) is 0.971. The lowest BCUT2D eigenvalue weighted by Crippen LogP contribution is -2.48. The number of aryl methyl sites for hydroxylation is 1. The summed E-state index contributed by atoms with van der Waals surface area (Å²) in [5.74, 6) is 0.232. The Morgan fingerprint density at radius 2 is 1.73 bits per heavy atom. The van der Waals surface area contributed by atoms with Gasteiger partial charge in [0.15, 0.2) is 5.13 Å². The highest BCUT2D eigenvalue weighted by Gasteiger charge is 2.22. The molecular formula is C29H34ClN5O4S2. The molecule has 1 fully saturated rings. The first-order valence-electron chi connectivity index (χ1n) is 13.3. The van der Waals surface area contributed by atoms with Gasteiger partial charge in [0.1, 0.15) is 5.75 Å². The molecule has 1 aromatic heterocycles. The third-order valence-electron chi connectivity index (χ3n) is 7.01. The minimum atomic E-state index is -3.88. The van der Waals surface area contributed by atoms with Crippen LogP contribution in [0.25, 0.3) is 10.2 Å². The first-order chi connectivity index (χ1) is 19.4. The van der Waals surface area contributed by atoms with Crippen molar-refractivity contribution in [3.05, 3.63) is 77.9 Å². The number of hydrogen-bond donors (Lipinski definition) is 2. The van der Waals surface area contributed by atoms with Gasteiger partial charge in [0.05, 0.1) is 33.5 Å². The van der Waals surface area contributed by atoms with Crippen LogP contribution in [0, 0.1) is 0 Å².